The molecule has 0 fully saturated rings. The fraction of sp³-hybridized carbons (Fsp3) is 0. The quantitative estimate of drug-likeness (QED) is 0.357. The Kier molecular flexibility index (Phi) is 3.67. The number of nitrogens with zero attached hydrogens (tertiary/aromatic N) is 5. The van der Waals surface area contributed by atoms with Crippen molar-refractivity contribution in [2.24, 2.45) is 0 Å². The predicted octanol–water partition coefficient (Wildman–Crippen LogP) is -1.23. The maximum absolute atomic E-state index is 11.3. The van der Waals surface area contributed by atoms with Crippen molar-refractivity contribution in [3.8, 4) is 22.8 Å². The largest absolute Gasteiger partial charge is 0.619 e. The Morgan fingerprint density at radius 2 is 1.33 bits per heavy atom. The number of pyridine rings is 2. The van der Waals surface area contributed by atoms with E-state index in [4.69, 9.17) is 5.84 Å². The monoisotopic (exact) mass is 288 g/mol. The predicted molar refractivity (Wildman–Crippen MR) is 72.6 cm³/mol. The molecule has 0 aliphatic rings. The number of hydrogen-bond donors (Lipinski definition) is 1. The summed E-state index contributed by atoms with van der Waals surface area (Å²) in [5.41, 5.74) is 1.07. The number of nitrogens with two attached hydrogens (primary N) is 1. The molecule has 9 nitrogen and oxygen atoms in total. The number of aromatic nitrogens is 5. The molecular formula is C12H12N6O3. The van der Waals surface area contributed by atoms with Crippen LogP contribution in [0.2, 0.25) is 0 Å². The van der Waals surface area contributed by atoms with Gasteiger partial charge in [0.1, 0.15) is 0 Å². The molecule has 0 bridgehead atoms. The van der Waals surface area contributed by atoms with Crippen LogP contribution in [-0.4, -0.2) is 20.3 Å². The second kappa shape index (κ2) is 5.43. The van der Waals surface area contributed by atoms with Gasteiger partial charge in [0.2, 0.25) is 0 Å². The first kappa shape index (κ1) is 14.2. The Hall–Kier alpha value is -3.20. The molecule has 0 unspecified atom stereocenters. The Balaban J connectivity index is 0.00000161. The molecule has 0 aromatic carbocycles. The van der Waals surface area contributed by atoms with Gasteiger partial charge in [-0.05, 0) is 12.1 Å². The maximum Gasteiger partial charge on any atom is 0.191 e. The Morgan fingerprint density at radius 3 is 1.71 bits per heavy atom. The molecule has 0 aliphatic heterocycles. The Morgan fingerprint density at radius 1 is 0.905 bits per heavy atom. The highest BCUT2D eigenvalue weighted by Crippen LogP contribution is 2.19. The summed E-state index contributed by atoms with van der Waals surface area (Å²) in [6.07, 6.45) is 5.41. The minimum absolute atomic E-state index is 0. The van der Waals surface area contributed by atoms with Crippen LogP contribution in [0.4, 0.5) is 0 Å². The first-order valence-electron chi connectivity index (χ1n) is 5.74. The van der Waals surface area contributed by atoms with Crippen LogP contribution < -0.4 is 15.3 Å². The smallest absolute Gasteiger partial charge is 0.191 e. The second-order valence-corrected chi connectivity index (χ2v) is 4.12. The minimum Gasteiger partial charge on any atom is -0.619 e. The van der Waals surface area contributed by atoms with Crippen molar-refractivity contribution in [2.45, 2.75) is 0 Å². The molecule has 0 saturated heterocycles. The highest BCUT2D eigenvalue weighted by atomic mass is 16.5. The average molecular weight is 288 g/mol. The maximum atomic E-state index is 11.3. The molecule has 3 rings (SSSR count). The molecule has 0 spiro atoms. The minimum atomic E-state index is 0. The van der Waals surface area contributed by atoms with E-state index >= 15 is 0 Å². The third kappa shape index (κ3) is 2.58. The van der Waals surface area contributed by atoms with Crippen LogP contribution in [0.15, 0.2) is 49.1 Å². The summed E-state index contributed by atoms with van der Waals surface area (Å²) in [5, 5.41) is 30.5. The Labute approximate surface area is 119 Å². The fourth-order valence-corrected chi connectivity index (χ4v) is 1.86. The molecular weight excluding hydrogens is 276 g/mol. The zero-order valence-corrected chi connectivity index (χ0v) is 10.7. The van der Waals surface area contributed by atoms with Gasteiger partial charge in [-0.1, -0.05) is 0 Å². The van der Waals surface area contributed by atoms with Crippen molar-refractivity contribution in [2.75, 3.05) is 5.84 Å². The summed E-state index contributed by atoms with van der Waals surface area (Å²) >= 11 is 0. The van der Waals surface area contributed by atoms with E-state index in [-0.39, 0.29) is 5.48 Å². The van der Waals surface area contributed by atoms with E-state index in [0.717, 1.165) is 0 Å². The van der Waals surface area contributed by atoms with Crippen molar-refractivity contribution >= 4 is 0 Å². The summed E-state index contributed by atoms with van der Waals surface area (Å²) in [6, 6.07) is 6.57. The van der Waals surface area contributed by atoms with E-state index in [1.54, 1.807) is 24.3 Å². The lowest BCUT2D eigenvalue weighted by Crippen LogP contribution is -2.25. The van der Waals surface area contributed by atoms with Crippen LogP contribution in [0.5, 0.6) is 0 Å². The van der Waals surface area contributed by atoms with E-state index < -0.39 is 0 Å². The summed E-state index contributed by atoms with van der Waals surface area (Å²) in [4.78, 5) is 0. The van der Waals surface area contributed by atoms with Gasteiger partial charge in [-0.3, -0.25) is 0 Å². The lowest BCUT2D eigenvalue weighted by molar-refractivity contribution is -0.605. The van der Waals surface area contributed by atoms with Gasteiger partial charge >= 0.3 is 0 Å². The molecule has 108 valence electrons. The van der Waals surface area contributed by atoms with E-state index in [9.17, 15) is 10.4 Å². The molecule has 4 N–H and O–H groups in total. The van der Waals surface area contributed by atoms with Gasteiger partial charge < -0.3 is 21.7 Å². The molecule has 0 atom stereocenters. The van der Waals surface area contributed by atoms with Crippen molar-refractivity contribution < 1.29 is 14.9 Å². The molecule has 0 saturated carbocycles. The van der Waals surface area contributed by atoms with E-state index in [0.29, 0.717) is 32.2 Å². The molecule has 21 heavy (non-hydrogen) atoms. The van der Waals surface area contributed by atoms with Gasteiger partial charge in [-0.15, -0.1) is 10.2 Å². The van der Waals surface area contributed by atoms with Crippen LogP contribution in [0.25, 0.3) is 22.8 Å². The average Bonchev–Trinajstić information content (AvgIpc) is 2.80. The zero-order chi connectivity index (χ0) is 14.1. The third-order valence-corrected chi connectivity index (χ3v) is 2.76. The number of hydrogen-bond acceptors (Lipinski definition) is 5. The van der Waals surface area contributed by atoms with Crippen molar-refractivity contribution in [1.29, 1.82) is 0 Å². The van der Waals surface area contributed by atoms with Gasteiger partial charge in [-0.2, -0.15) is 9.46 Å². The third-order valence-electron chi connectivity index (χ3n) is 2.76. The van der Waals surface area contributed by atoms with Gasteiger partial charge in [0, 0.05) is 12.1 Å². The van der Waals surface area contributed by atoms with Gasteiger partial charge in [0.25, 0.3) is 0 Å². The van der Waals surface area contributed by atoms with Crippen molar-refractivity contribution in [1.82, 2.24) is 14.9 Å². The van der Waals surface area contributed by atoms with Crippen molar-refractivity contribution in [3.05, 3.63) is 59.5 Å². The van der Waals surface area contributed by atoms with Gasteiger partial charge in [0.05, 0.1) is 11.1 Å². The summed E-state index contributed by atoms with van der Waals surface area (Å²) in [7, 11) is 0. The van der Waals surface area contributed by atoms with Crippen LogP contribution in [0.3, 0.4) is 0 Å². The Bertz CT molecular complexity index is 710. The van der Waals surface area contributed by atoms with Crippen LogP contribution in [0.1, 0.15) is 0 Å². The highest BCUT2D eigenvalue weighted by Gasteiger charge is 2.16. The van der Waals surface area contributed by atoms with Crippen molar-refractivity contribution in [3.63, 3.8) is 0 Å². The van der Waals surface area contributed by atoms with E-state index in [2.05, 4.69) is 10.2 Å². The highest BCUT2D eigenvalue weighted by molar-refractivity contribution is 5.60. The first-order valence-corrected chi connectivity index (χ1v) is 5.74. The van der Waals surface area contributed by atoms with Gasteiger partial charge in [-0.25, -0.2) is 4.68 Å². The molecule has 0 radical (unpaired) electrons. The van der Waals surface area contributed by atoms with E-state index in [1.807, 2.05) is 0 Å². The zero-order valence-electron chi connectivity index (χ0n) is 10.7. The van der Waals surface area contributed by atoms with Crippen LogP contribution in [-0.2, 0) is 0 Å². The molecule has 0 aliphatic carbocycles. The standard InChI is InChI=1S/C12H10N6O2.H2O/c13-18-11(9-3-1-5-16(19)7-9)14-15-12(18)10-4-2-6-17(20)8-10;/h1-8H,13H2;1H2. The molecule has 9 heteroatoms. The molecule has 0 amide bonds. The van der Waals surface area contributed by atoms with Crippen LogP contribution >= 0.6 is 0 Å². The van der Waals surface area contributed by atoms with Gasteiger partial charge in [0.15, 0.2) is 36.4 Å². The molecule has 3 aromatic heterocycles. The second-order valence-electron chi connectivity index (χ2n) is 4.12. The number of nitrogen functional groups attached to an aromatic ring is 1. The van der Waals surface area contributed by atoms with Crippen LogP contribution in [0, 0.1) is 10.4 Å². The lowest BCUT2D eigenvalue weighted by atomic mass is 10.2. The summed E-state index contributed by atoms with van der Waals surface area (Å²) in [6.45, 7) is 0. The first-order chi connectivity index (χ1) is 9.65. The topological polar surface area (TPSA) is 142 Å². The fourth-order valence-electron chi connectivity index (χ4n) is 1.86. The molecule has 3 aromatic rings. The summed E-state index contributed by atoms with van der Waals surface area (Å²) < 4.78 is 2.54. The number of rotatable bonds is 2. The van der Waals surface area contributed by atoms with E-state index in [1.165, 1.54) is 29.5 Å². The normalized spacial score (nSPS) is 10.1. The summed E-state index contributed by atoms with van der Waals surface area (Å²) in [5.74, 6) is 6.62. The molecule has 3 heterocycles. The SMILES string of the molecule is Nn1c(-c2ccc[n+]([O-])c2)nnc1-c1ccc[n+]([O-])c1.O. The lowest BCUT2D eigenvalue weighted by Gasteiger charge is -2.03.